The van der Waals surface area contributed by atoms with Gasteiger partial charge in [-0.15, -0.1) is 0 Å². The van der Waals surface area contributed by atoms with Gasteiger partial charge < -0.3 is 14.9 Å². The molecule has 107 heavy (non-hydrogen) atoms. The monoisotopic (exact) mass is 1730 g/mol. The Morgan fingerprint density at radius 2 is 0.701 bits per heavy atom. The van der Waals surface area contributed by atoms with Gasteiger partial charge in [0.05, 0.1) is 104 Å². The number of carbonyl (C=O) groups excluding carboxylic acids is 1. The molecule has 0 atom stereocenters. The summed E-state index contributed by atoms with van der Waals surface area (Å²) in [6, 6.07) is 28.8. The van der Waals surface area contributed by atoms with Crippen molar-refractivity contribution >= 4 is 139 Å². The number of halogens is 12. The van der Waals surface area contributed by atoms with Crippen molar-refractivity contribution in [2.75, 3.05) is 52.4 Å². The lowest BCUT2D eigenvalue weighted by atomic mass is 10.2. The average molecular weight is 1740 g/mol. The number of rotatable bonds is 28. The zero-order valence-corrected chi connectivity index (χ0v) is 64.9. The van der Waals surface area contributed by atoms with Crippen molar-refractivity contribution in [2.24, 2.45) is 0 Å². The van der Waals surface area contributed by atoms with Gasteiger partial charge in [0.25, 0.3) is 0 Å². The van der Waals surface area contributed by atoms with E-state index in [1.807, 2.05) is 64.0 Å². The number of alkyl halides is 2. The first kappa shape index (κ1) is 91.1. The highest BCUT2D eigenvalue weighted by Gasteiger charge is 2.23. The van der Waals surface area contributed by atoms with Gasteiger partial charge in [-0.05, 0) is 123 Å². The van der Waals surface area contributed by atoms with Crippen molar-refractivity contribution in [1.82, 2.24) is 9.97 Å². The molecular weight excluding hydrogens is 1660 g/mol. The van der Waals surface area contributed by atoms with E-state index in [2.05, 4.69) is 56.0 Å². The van der Waals surface area contributed by atoms with Crippen LogP contribution in [-0.2, 0) is 80.6 Å². The molecule has 2 heterocycles. The average Bonchev–Trinajstić information content (AvgIpc) is 0.841. The molecule has 0 aliphatic carbocycles. The number of fused-ring (bicyclic) bond motifs is 2. The highest BCUT2D eigenvalue weighted by Crippen LogP contribution is 2.29. The van der Waals surface area contributed by atoms with E-state index >= 15 is 0 Å². The van der Waals surface area contributed by atoms with Crippen LogP contribution in [0.1, 0.15) is 105 Å². The van der Waals surface area contributed by atoms with Crippen LogP contribution in [-0.4, -0.2) is 97.3 Å². The van der Waals surface area contributed by atoms with Crippen LogP contribution in [0.25, 0.3) is 21.8 Å². The largest absolute Gasteiger partial charge is 0.487 e. The Balaban J connectivity index is 0.000000276. The van der Waals surface area contributed by atoms with Crippen LogP contribution in [0.3, 0.4) is 0 Å². The molecule has 0 radical (unpaired) electrons. The third-order valence-corrected chi connectivity index (χ3v) is 22.4. The highest BCUT2D eigenvalue weighted by atomic mass is 79.9. The van der Waals surface area contributed by atoms with E-state index < -0.39 is 138 Å². The van der Waals surface area contributed by atoms with Crippen LogP contribution >= 0.6 is 31.9 Å². The van der Waals surface area contributed by atoms with Crippen molar-refractivity contribution < 1.29 is 106 Å². The molecule has 2 aromatic heterocycles. The normalized spacial score (nSPS) is 11.4. The number of aromatic nitrogens is 2. The molecule has 38 heteroatoms. The quantitative estimate of drug-likeness (QED) is 0.0136. The molecule has 0 saturated heterocycles. The summed E-state index contributed by atoms with van der Waals surface area (Å²) >= 11 is 5.89. The molecule has 0 aliphatic rings. The molecule has 0 unspecified atom stereocenters. The third-order valence-electron chi connectivity index (χ3n) is 13.9. The molecule has 7 N–H and O–H groups in total. The number of aliphatic hydroxyl groups excluding tert-OH is 2. The summed E-state index contributed by atoms with van der Waals surface area (Å²) in [7, 11) is -18.1. The predicted octanol–water partition coefficient (Wildman–Crippen LogP) is 15.5. The Labute approximate surface area is 630 Å². The Kier molecular flexibility index (Phi) is 36.7. The number of aldehydes is 1. The van der Waals surface area contributed by atoms with Crippen molar-refractivity contribution in [1.29, 1.82) is 0 Å². The minimum atomic E-state index is -3.69. The number of hydrogen-bond acceptors (Lipinski definition) is 16. The van der Waals surface area contributed by atoms with Crippen molar-refractivity contribution in [3.8, 4) is 5.75 Å². The van der Waals surface area contributed by atoms with Gasteiger partial charge in [-0.3, -0.25) is 38.4 Å². The van der Waals surface area contributed by atoms with E-state index in [9.17, 15) is 90.8 Å². The zero-order valence-electron chi connectivity index (χ0n) is 57.7. The fraction of sp³-hybridized carbons (Fsp3) is 0.290. The van der Waals surface area contributed by atoms with E-state index in [0.29, 0.717) is 37.9 Å². The number of anilines is 5. The molecule has 0 fully saturated rings. The number of para-hydroxylation sites is 2. The molecule has 7 aromatic carbocycles. The second-order valence-corrected chi connectivity index (χ2v) is 32.7. The minimum absolute atomic E-state index is 0.00227. The van der Waals surface area contributed by atoms with E-state index in [0.717, 1.165) is 88.0 Å². The second-order valence-electron chi connectivity index (χ2n) is 22.4. The van der Waals surface area contributed by atoms with Gasteiger partial charge in [0.15, 0.2) is 35.4 Å². The van der Waals surface area contributed by atoms with E-state index in [4.69, 9.17) is 14.9 Å². The summed E-state index contributed by atoms with van der Waals surface area (Å²) in [5.41, 5.74) is -1.04. The maximum absolute atomic E-state index is 14.6. The number of nitrogens with one attached hydrogen (secondary N) is 5. The Hall–Kier alpha value is -8.24. The molecule has 0 amide bonds. The van der Waals surface area contributed by atoms with Gasteiger partial charge in [-0.1, -0.05) is 103 Å². The Morgan fingerprint density at radius 1 is 0.393 bits per heavy atom. The lowest BCUT2D eigenvalue weighted by Crippen LogP contribution is -2.18. The standard InChI is InChI=1S/C19H18F2N2O3S.2C10H12BrF2NO2S.C10H13F2NO3S.C10H11F2NO3S.C10H9NO/c1-2-9-27(24,25)23-18-8-7-16(20)15(19(18)21)12-26-14-10-13-5-3-4-6-17(13)22-11-14;2*1-2-5-17(15,16)14-9-4-3-8(12)7(6-11)10(9)13;2*1-2-5-17(15,16)13-9-4-3-8(11)7(6-14)10(9)12;12-7-8-5-9-3-1-2-4-10(9)11-6-8/h3-8,10-11,23H,2,9,12H2,1H3;2*3-4,14H,2,5-6H2,1H3;3-4,13-14H,2,5-6H2,1H3;3-4,6,13H,2,5H2,1H3;1-6,12H,7H2. The van der Waals surface area contributed by atoms with Crippen LogP contribution in [0.4, 0.5) is 72.3 Å². The van der Waals surface area contributed by atoms with Gasteiger partial charge in [-0.2, -0.15) is 0 Å². The molecule has 584 valence electrons. The molecule has 0 bridgehead atoms. The number of ether oxygens (including phenoxy) is 1. The van der Waals surface area contributed by atoms with E-state index in [1.54, 1.807) is 46.9 Å². The fourth-order valence-electron chi connectivity index (χ4n) is 8.91. The molecule has 0 spiro atoms. The Bertz CT molecular complexity index is 4890. The van der Waals surface area contributed by atoms with Crippen LogP contribution in [0.2, 0.25) is 0 Å². The van der Waals surface area contributed by atoms with E-state index in [1.165, 1.54) is 6.20 Å². The molecule has 9 rings (SSSR count). The maximum Gasteiger partial charge on any atom is 0.232 e. The van der Waals surface area contributed by atoms with Crippen molar-refractivity contribution in [3.63, 3.8) is 0 Å². The first-order chi connectivity index (χ1) is 50.4. The van der Waals surface area contributed by atoms with Crippen molar-refractivity contribution in [2.45, 2.75) is 97.2 Å². The number of benzene rings is 7. The molecule has 21 nitrogen and oxygen atoms in total. The summed E-state index contributed by atoms with van der Waals surface area (Å²) < 4.78 is 266. The van der Waals surface area contributed by atoms with Gasteiger partial charge >= 0.3 is 0 Å². The summed E-state index contributed by atoms with van der Waals surface area (Å²) in [5, 5.41) is 19.5. The summed E-state index contributed by atoms with van der Waals surface area (Å²) in [6.45, 7) is 7.22. The molecule has 0 aliphatic heterocycles. The predicted molar refractivity (Wildman–Crippen MR) is 401 cm³/mol. The topological polar surface area (TPSA) is 323 Å². The summed E-state index contributed by atoms with van der Waals surface area (Å²) in [4.78, 5) is 18.8. The fourth-order valence-corrected chi connectivity index (χ4v) is 15.6. The maximum atomic E-state index is 14.6. The summed E-state index contributed by atoms with van der Waals surface area (Å²) in [6.07, 6.45) is 5.12. The van der Waals surface area contributed by atoms with Crippen LogP contribution in [0.15, 0.2) is 134 Å². The lowest BCUT2D eigenvalue weighted by Gasteiger charge is -2.13. The Morgan fingerprint density at radius 3 is 1.05 bits per heavy atom. The molecule has 9 aromatic rings. The number of sulfonamides is 5. The zero-order chi connectivity index (χ0) is 80.0. The SMILES string of the molecule is CCCS(=O)(=O)Nc1ccc(F)c(C=O)c1F.CCCS(=O)(=O)Nc1ccc(F)c(CBr)c1F.CCCS(=O)(=O)Nc1ccc(F)c(CBr)c1F.CCCS(=O)(=O)Nc1ccc(F)c(CO)c1F.CCCS(=O)(=O)Nc1ccc(F)c(COc2cnc3ccccc3c2)c1F.OCc1cnc2ccccc2c1. The van der Waals surface area contributed by atoms with Gasteiger partial charge in [0, 0.05) is 38.8 Å². The van der Waals surface area contributed by atoms with Crippen LogP contribution in [0.5, 0.6) is 5.75 Å². The first-order valence-corrected chi connectivity index (χ1v) is 42.4. The van der Waals surface area contributed by atoms with Gasteiger partial charge in [0.1, 0.15) is 41.4 Å². The number of carbonyl (C=O) groups is 1. The number of pyridine rings is 2. The highest BCUT2D eigenvalue weighted by molar-refractivity contribution is 9.08. The number of aliphatic hydroxyl groups is 2. The number of hydrogen-bond donors (Lipinski definition) is 7. The second kappa shape index (κ2) is 43.1. The lowest BCUT2D eigenvalue weighted by molar-refractivity contribution is 0.111. The molecule has 0 saturated carbocycles. The van der Waals surface area contributed by atoms with Crippen LogP contribution < -0.4 is 28.3 Å². The van der Waals surface area contributed by atoms with Crippen LogP contribution in [0, 0.1) is 58.2 Å². The number of nitrogens with zero attached hydrogens (tertiary/aromatic N) is 2. The first-order valence-electron chi connectivity index (χ1n) is 31.9. The van der Waals surface area contributed by atoms with E-state index in [-0.39, 0.29) is 91.8 Å². The van der Waals surface area contributed by atoms with Crippen molar-refractivity contribution in [3.05, 3.63) is 225 Å². The smallest absolute Gasteiger partial charge is 0.232 e. The van der Waals surface area contributed by atoms with Gasteiger partial charge in [-0.25, -0.2) is 86.0 Å². The third kappa shape index (κ3) is 28.7. The van der Waals surface area contributed by atoms with Gasteiger partial charge in [0.2, 0.25) is 50.1 Å². The molecular formula is C69H75Br2F10N7O14S5. The summed E-state index contributed by atoms with van der Waals surface area (Å²) in [5.74, 6) is -9.60. The minimum Gasteiger partial charge on any atom is -0.487 e.